The Balaban J connectivity index is 2.34. The lowest BCUT2D eigenvalue weighted by Gasteiger charge is -2.09. The molecule has 0 aliphatic heterocycles. The molecule has 0 aliphatic carbocycles. The van der Waals surface area contributed by atoms with Gasteiger partial charge in [0.2, 0.25) is 0 Å². The van der Waals surface area contributed by atoms with Crippen molar-refractivity contribution in [2.75, 3.05) is 26.2 Å². The van der Waals surface area contributed by atoms with Gasteiger partial charge in [0.05, 0.1) is 25.3 Å². The third kappa shape index (κ3) is 3.12. The number of nitrogens with one attached hydrogen (secondary N) is 1. The van der Waals surface area contributed by atoms with Crippen LogP contribution in [0.5, 0.6) is 11.5 Å². The summed E-state index contributed by atoms with van der Waals surface area (Å²) in [4.78, 5) is 3.23. The van der Waals surface area contributed by atoms with Gasteiger partial charge in [0.1, 0.15) is 0 Å². The molecule has 0 aliphatic rings. The van der Waals surface area contributed by atoms with Gasteiger partial charge in [-0.25, -0.2) is 0 Å². The number of thioether (sulfide) groups is 1. The maximum atomic E-state index is 5.41. The van der Waals surface area contributed by atoms with E-state index in [1.165, 1.54) is 12.2 Å². The van der Waals surface area contributed by atoms with Crippen LogP contribution in [0.1, 0.15) is 12.8 Å². The van der Waals surface area contributed by atoms with Crippen LogP contribution in [0.3, 0.4) is 0 Å². The van der Waals surface area contributed by atoms with E-state index < -0.39 is 0 Å². The summed E-state index contributed by atoms with van der Waals surface area (Å²) in [7, 11) is 3.28. The van der Waals surface area contributed by atoms with Gasteiger partial charge >= 0.3 is 0 Å². The molecule has 1 aromatic carbocycles. The Morgan fingerprint density at radius 2 is 1.90 bits per heavy atom. The molecule has 1 heterocycles. The molecule has 110 valence electrons. The minimum Gasteiger partial charge on any atom is -0.493 e. The van der Waals surface area contributed by atoms with Crippen molar-refractivity contribution in [2.45, 2.75) is 19.4 Å². The number of methoxy groups -OCH3 is 2. The highest BCUT2D eigenvalue weighted by Gasteiger charge is 2.10. The van der Waals surface area contributed by atoms with Gasteiger partial charge in [-0.2, -0.15) is 11.8 Å². The van der Waals surface area contributed by atoms with E-state index >= 15 is 0 Å². The topological polar surface area (TPSA) is 39.2 Å². The van der Waals surface area contributed by atoms with Crippen LogP contribution in [0, 0.1) is 4.77 Å². The Labute approximate surface area is 128 Å². The van der Waals surface area contributed by atoms with Crippen molar-refractivity contribution in [3.8, 4) is 11.5 Å². The second kappa shape index (κ2) is 7.04. The van der Waals surface area contributed by atoms with E-state index in [4.69, 9.17) is 21.7 Å². The van der Waals surface area contributed by atoms with E-state index in [9.17, 15) is 0 Å². The van der Waals surface area contributed by atoms with Crippen molar-refractivity contribution in [3.63, 3.8) is 0 Å². The highest BCUT2D eigenvalue weighted by Crippen LogP contribution is 2.32. The minimum absolute atomic E-state index is 0.714. The summed E-state index contributed by atoms with van der Waals surface area (Å²) in [5.74, 6) is 2.63. The highest BCUT2D eigenvalue weighted by molar-refractivity contribution is 7.98. The fourth-order valence-electron chi connectivity index (χ4n) is 2.22. The Morgan fingerprint density at radius 1 is 1.20 bits per heavy atom. The number of ether oxygens (including phenoxy) is 2. The number of fused-ring (bicyclic) bond motifs is 1. The molecule has 1 aromatic heterocycles. The predicted molar refractivity (Wildman–Crippen MR) is 87.8 cm³/mol. The highest BCUT2D eigenvalue weighted by atomic mass is 32.2. The second-order valence-electron chi connectivity index (χ2n) is 4.51. The first-order valence-corrected chi connectivity index (χ1v) is 8.35. The van der Waals surface area contributed by atoms with Crippen LogP contribution in [0.4, 0.5) is 0 Å². The maximum Gasteiger partial charge on any atom is 0.178 e. The smallest absolute Gasteiger partial charge is 0.178 e. The summed E-state index contributed by atoms with van der Waals surface area (Å²) in [6.07, 6.45) is 4.45. The number of imidazole rings is 1. The Hall–Kier alpha value is -1.14. The molecule has 2 aromatic rings. The van der Waals surface area contributed by atoms with Gasteiger partial charge in [-0.3, -0.25) is 0 Å². The lowest BCUT2D eigenvalue weighted by molar-refractivity contribution is 0.355. The Bertz CT molecular complexity index is 634. The zero-order chi connectivity index (χ0) is 14.5. The van der Waals surface area contributed by atoms with Crippen molar-refractivity contribution in [2.24, 2.45) is 0 Å². The van der Waals surface area contributed by atoms with Gasteiger partial charge in [-0.1, -0.05) is 0 Å². The molecule has 0 unspecified atom stereocenters. The average Bonchev–Trinajstić information content (AvgIpc) is 2.77. The first-order chi connectivity index (χ1) is 9.71. The van der Waals surface area contributed by atoms with Crippen molar-refractivity contribution < 1.29 is 9.47 Å². The van der Waals surface area contributed by atoms with Gasteiger partial charge in [0.15, 0.2) is 16.3 Å². The second-order valence-corrected chi connectivity index (χ2v) is 5.88. The number of nitrogens with zero attached hydrogens (tertiary/aromatic N) is 1. The van der Waals surface area contributed by atoms with Crippen molar-refractivity contribution in [1.29, 1.82) is 0 Å². The number of unbranched alkanes of at least 4 members (excludes halogenated alkanes) is 1. The number of rotatable bonds is 7. The molecule has 0 saturated heterocycles. The first-order valence-electron chi connectivity index (χ1n) is 6.54. The predicted octanol–water partition coefficient (Wildman–Crippen LogP) is 3.86. The largest absolute Gasteiger partial charge is 0.493 e. The van der Waals surface area contributed by atoms with E-state index in [-0.39, 0.29) is 0 Å². The molecule has 4 nitrogen and oxygen atoms in total. The number of H-pyrrole nitrogens is 1. The molecule has 0 fully saturated rings. The van der Waals surface area contributed by atoms with Crippen LogP contribution in [-0.4, -0.2) is 35.8 Å². The molecule has 0 amide bonds. The summed E-state index contributed by atoms with van der Waals surface area (Å²) in [5, 5.41) is 0. The lowest BCUT2D eigenvalue weighted by atomic mass is 10.2. The van der Waals surface area contributed by atoms with Crippen molar-refractivity contribution >= 4 is 35.0 Å². The third-order valence-corrected chi connectivity index (χ3v) is 4.28. The Kier molecular flexibility index (Phi) is 5.37. The minimum atomic E-state index is 0.714. The van der Waals surface area contributed by atoms with Crippen LogP contribution >= 0.6 is 24.0 Å². The SMILES string of the molecule is COc1cc2[nH]c(=S)n(CCCCSC)c2cc1OC. The van der Waals surface area contributed by atoms with E-state index in [1.54, 1.807) is 14.2 Å². The zero-order valence-electron chi connectivity index (χ0n) is 12.1. The number of benzene rings is 1. The van der Waals surface area contributed by atoms with Crippen molar-refractivity contribution in [1.82, 2.24) is 9.55 Å². The normalized spacial score (nSPS) is 10.9. The maximum absolute atomic E-state index is 5.41. The van der Waals surface area contributed by atoms with Gasteiger partial charge in [-0.15, -0.1) is 0 Å². The number of hydrogen-bond acceptors (Lipinski definition) is 4. The van der Waals surface area contributed by atoms with E-state index in [2.05, 4.69) is 15.8 Å². The van der Waals surface area contributed by atoms with Crippen LogP contribution in [0.25, 0.3) is 11.0 Å². The molecule has 0 bridgehead atoms. The van der Waals surface area contributed by atoms with Crippen molar-refractivity contribution in [3.05, 3.63) is 16.9 Å². The monoisotopic (exact) mass is 312 g/mol. The molecular weight excluding hydrogens is 292 g/mol. The van der Waals surface area contributed by atoms with Crippen LogP contribution < -0.4 is 9.47 Å². The average molecular weight is 312 g/mol. The Morgan fingerprint density at radius 3 is 2.55 bits per heavy atom. The molecular formula is C14H20N2O2S2. The van der Waals surface area contributed by atoms with E-state index in [0.29, 0.717) is 5.75 Å². The molecule has 6 heteroatoms. The summed E-state index contributed by atoms with van der Waals surface area (Å²) >= 11 is 7.29. The molecule has 2 rings (SSSR count). The molecule has 1 N–H and O–H groups in total. The van der Waals surface area contributed by atoms with E-state index in [1.807, 2.05) is 23.9 Å². The number of aryl methyl sites for hydroxylation is 1. The van der Waals surface area contributed by atoms with Gasteiger partial charge in [0.25, 0.3) is 0 Å². The molecule has 20 heavy (non-hydrogen) atoms. The van der Waals surface area contributed by atoms with E-state index in [0.717, 1.165) is 34.5 Å². The molecule has 0 saturated carbocycles. The van der Waals surface area contributed by atoms with Gasteiger partial charge < -0.3 is 19.0 Å². The lowest BCUT2D eigenvalue weighted by Crippen LogP contribution is -1.99. The van der Waals surface area contributed by atoms with Crippen LogP contribution in [-0.2, 0) is 6.54 Å². The summed E-state index contributed by atoms with van der Waals surface area (Å²) < 4.78 is 13.6. The summed E-state index contributed by atoms with van der Waals surface area (Å²) in [6.45, 7) is 0.925. The first kappa shape index (κ1) is 15.3. The third-order valence-electron chi connectivity index (χ3n) is 3.26. The fraction of sp³-hybridized carbons (Fsp3) is 0.500. The van der Waals surface area contributed by atoms with Crippen LogP contribution in [0.15, 0.2) is 12.1 Å². The molecule has 0 radical (unpaired) electrons. The summed E-state index contributed by atoms with van der Waals surface area (Å²) in [5.41, 5.74) is 2.05. The number of aromatic amines is 1. The molecule has 0 atom stereocenters. The number of aromatic nitrogens is 2. The zero-order valence-corrected chi connectivity index (χ0v) is 13.7. The quantitative estimate of drug-likeness (QED) is 0.622. The molecule has 0 spiro atoms. The summed E-state index contributed by atoms with van der Waals surface area (Å²) in [6, 6.07) is 3.91. The van der Waals surface area contributed by atoms with Gasteiger partial charge in [-0.05, 0) is 37.1 Å². The fourth-order valence-corrected chi connectivity index (χ4v) is 3.01. The van der Waals surface area contributed by atoms with Gasteiger partial charge in [0, 0.05) is 18.7 Å². The number of hydrogen-bond donors (Lipinski definition) is 1. The van der Waals surface area contributed by atoms with Crippen LogP contribution in [0.2, 0.25) is 0 Å². The standard InChI is InChI=1S/C14H20N2O2S2/c1-17-12-8-10-11(9-13(12)18-2)16(14(19)15-10)6-4-5-7-20-3/h8-9H,4-7H2,1-3H3,(H,15,19).